The average Bonchev–Trinajstić information content (AvgIpc) is 3.20. The van der Waals surface area contributed by atoms with E-state index in [2.05, 4.69) is 16.0 Å². The zero-order chi connectivity index (χ0) is 21.6. The molecule has 3 N–H and O–H groups in total. The molecule has 1 saturated carbocycles. The third-order valence-corrected chi connectivity index (χ3v) is 6.47. The normalized spacial score (nSPS) is 15.4. The molecular weight excluding hydrogens is 402 g/mol. The van der Waals surface area contributed by atoms with Crippen molar-refractivity contribution in [3.05, 3.63) is 65.7 Å². The summed E-state index contributed by atoms with van der Waals surface area (Å²) in [5.41, 5.74) is 0.848. The summed E-state index contributed by atoms with van der Waals surface area (Å²) in [6, 6.07) is 15.6. The lowest BCUT2D eigenvalue weighted by Crippen LogP contribution is -2.59. The monoisotopic (exact) mass is 429 g/mol. The highest BCUT2D eigenvalue weighted by molar-refractivity contribution is 7.90. The summed E-state index contributed by atoms with van der Waals surface area (Å²) in [6.07, 6.45) is 4.07. The van der Waals surface area contributed by atoms with Crippen LogP contribution >= 0.6 is 0 Å². The maximum atomic E-state index is 12.9. The van der Waals surface area contributed by atoms with Crippen molar-refractivity contribution in [3.63, 3.8) is 0 Å². The Labute approximate surface area is 177 Å². The molecular formula is C22H27N3O4S. The number of benzene rings is 2. The SMILES string of the molecule is CS(=O)(=O)c1ccc(CNC(=O)C2(NC(=O)NCc3ccccc3)CCCC2)cc1. The molecule has 0 atom stereocenters. The lowest BCUT2D eigenvalue weighted by atomic mass is 9.96. The van der Waals surface area contributed by atoms with Gasteiger partial charge in [-0.25, -0.2) is 13.2 Å². The molecule has 1 aliphatic rings. The molecule has 0 spiro atoms. The first kappa shape index (κ1) is 21.8. The van der Waals surface area contributed by atoms with E-state index in [1.807, 2.05) is 30.3 Å². The quantitative estimate of drug-likeness (QED) is 0.629. The molecule has 7 nitrogen and oxygen atoms in total. The van der Waals surface area contributed by atoms with Gasteiger partial charge in [0.1, 0.15) is 5.54 Å². The molecule has 0 radical (unpaired) electrons. The summed E-state index contributed by atoms with van der Waals surface area (Å²) < 4.78 is 23.1. The molecule has 8 heteroatoms. The minimum absolute atomic E-state index is 0.220. The Morgan fingerprint density at radius 3 is 2.03 bits per heavy atom. The number of sulfone groups is 1. The predicted octanol–water partition coefficient (Wildman–Crippen LogP) is 2.52. The van der Waals surface area contributed by atoms with Crippen molar-refractivity contribution in [3.8, 4) is 0 Å². The molecule has 3 amide bonds. The number of amides is 3. The van der Waals surface area contributed by atoms with Gasteiger partial charge < -0.3 is 16.0 Å². The largest absolute Gasteiger partial charge is 0.350 e. The maximum Gasteiger partial charge on any atom is 0.315 e. The van der Waals surface area contributed by atoms with Crippen LogP contribution in [0.25, 0.3) is 0 Å². The van der Waals surface area contributed by atoms with Crippen molar-refractivity contribution in [2.45, 2.75) is 49.2 Å². The second-order valence-electron chi connectivity index (χ2n) is 7.68. The summed E-state index contributed by atoms with van der Waals surface area (Å²) in [6.45, 7) is 0.648. The van der Waals surface area contributed by atoms with Crippen LogP contribution < -0.4 is 16.0 Å². The standard InChI is InChI=1S/C22H27N3O4S/c1-30(28,29)19-11-9-18(10-12-19)15-23-20(26)22(13-5-6-14-22)25-21(27)24-16-17-7-3-2-4-8-17/h2-4,7-12H,5-6,13-16H2,1H3,(H,23,26)(H2,24,25,27). The van der Waals surface area contributed by atoms with Crippen LogP contribution in [0.3, 0.4) is 0 Å². The van der Waals surface area contributed by atoms with E-state index < -0.39 is 15.4 Å². The summed E-state index contributed by atoms with van der Waals surface area (Å²) >= 11 is 0. The number of urea groups is 1. The molecule has 0 saturated heterocycles. The zero-order valence-electron chi connectivity index (χ0n) is 17.0. The van der Waals surface area contributed by atoms with Crippen molar-refractivity contribution in [1.82, 2.24) is 16.0 Å². The number of nitrogens with one attached hydrogen (secondary N) is 3. The van der Waals surface area contributed by atoms with Gasteiger partial charge in [-0.2, -0.15) is 0 Å². The average molecular weight is 430 g/mol. The van der Waals surface area contributed by atoms with Gasteiger partial charge in [0.2, 0.25) is 5.91 Å². The smallest absolute Gasteiger partial charge is 0.315 e. The fourth-order valence-corrected chi connectivity index (χ4v) is 4.26. The first-order chi connectivity index (χ1) is 14.3. The summed E-state index contributed by atoms with van der Waals surface area (Å²) in [4.78, 5) is 25.6. The Balaban J connectivity index is 1.57. The van der Waals surface area contributed by atoms with E-state index >= 15 is 0 Å². The second-order valence-corrected chi connectivity index (χ2v) is 9.70. The van der Waals surface area contributed by atoms with Gasteiger partial charge in [0.15, 0.2) is 9.84 Å². The third kappa shape index (κ3) is 5.60. The maximum absolute atomic E-state index is 12.9. The molecule has 0 bridgehead atoms. The predicted molar refractivity (Wildman–Crippen MR) is 114 cm³/mol. The van der Waals surface area contributed by atoms with Crippen molar-refractivity contribution >= 4 is 21.8 Å². The van der Waals surface area contributed by atoms with Crippen LogP contribution in [0.15, 0.2) is 59.5 Å². The highest BCUT2D eigenvalue weighted by Gasteiger charge is 2.42. The van der Waals surface area contributed by atoms with E-state index in [4.69, 9.17) is 0 Å². The van der Waals surface area contributed by atoms with Crippen molar-refractivity contribution in [2.75, 3.05) is 6.26 Å². The number of carbonyl (C=O) groups excluding carboxylic acids is 2. The van der Waals surface area contributed by atoms with Gasteiger partial charge in [-0.05, 0) is 36.1 Å². The fraction of sp³-hybridized carbons (Fsp3) is 0.364. The molecule has 160 valence electrons. The Kier molecular flexibility index (Phi) is 6.77. The van der Waals surface area contributed by atoms with Crippen molar-refractivity contribution in [1.29, 1.82) is 0 Å². The lowest BCUT2D eigenvalue weighted by molar-refractivity contribution is -0.127. The third-order valence-electron chi connectivity index (χ3n) is 5.35. The van der Waals surface area contributed by atoms with E-state index in [1.54, 1.807) is 12.1 Å². The summed E-state index contributed by atoms with van der Waals surface area (Å²) in [7, 11) is -3.25. The van der Waals surface area contributed by atoms with E-state index in [-0.39, 0.29) is 23.4 Å². The van der Waals surface area contributed by atoms with Crippen molar-refractivity contribution in [2.24, 2.45) is 0 Å². The molecule has 0 heterocycles. The minimum Gasteiger partial charge on any atom is -0.350 e. The second kappa shape index (κ2) is 9.30. The van der Waals surface area contributed by atoms with E-state index in [0.717, 1.165) is 30.2 Å². The van der Waals surface area contributed by atoms with Gasteiger partial charge in [-0.3, -0.25) is 4.79 Å². The number of carbonyl (C=O) groups is 2. The highest BCUT2D eigenvalue weighted by atomic mass is 32.2. The first-order valence-electron chi connectivity index (χ1n) is 9.96. The molecule has 0 aromatic heterocycles. The van der Waals surface area contributed by atoms with Crippen LogP contribution in [-0.2, 0) is 27.7 Å². The minimum atomic E-state index is -3.25. The van der Waals surface area contributed by atoms with Crippen LogP contribution in [0.4, 0.5) is 4.79 Å². The highest BCUT2D eigenvalue weighted by Crippen LogP contribution is 2.30. The Morgan fingerprint density at radius 2 is 1.43 bits per heavy atom. The number of hydrogen-bond donors (Lipinski definition) is 3. The van der Waals surface area contributed by atoms with Crippen LogP contribution in [0.2, 0.25) is 0 Å². The van der Waals surface area contributed by atoms with Crippen molar-refractivity contribution < 1.29 is 18.0 Å². The number of rotatable bonds is 7. The Hall–Kier alpha value is -2.87. The topological polar surface area (TPSA) is 104 Å². The molecule has 3 rings (SSSR count). The van der Waals surface area contributed by atoms with Crippen LogP contribution in [0, 0.1) is 0 Å². The molecule has 30 heavy (non-hydrogen) atoms. The number of hydrogen-bond acceptors (Lipinski definition) is 4. The molecule has 0 aliphatic heterocycles. The molecule has 1 aliphatic carbocycles. The van der Waals surface area contributed by atoms with E-state index in [1.165, 1.54) is 12.1 Å². The van der Waals surface area contributed by atoms with Gasteiger partial charge in [0, 0.05) is 19.3 Å². The van der Waals surface area contributed by atoms with Gasteiger partial charge in [-0.1, -0.05) is 55.3 Å². The Morgan fingerprint density at radius 1 is 0.867 bits per heavy atom. The molecule has 2 aromatic rings. The summed E-state index contributed by atoms with van der Waals surface area (Å²) in [5, 5.41) is 8.59. The fourth-order valence-electron chi connectivity index (χ4n) is 3.63. The zero-order valence-corrected chi connectivity index (χ0v) is 17.8. The van der Waals surface area contributed by atoms with Gasteiger partial charge in [0.25, 0.3) is 0 Å². The van der Waals surface area contributed by atoms with Crippen LogP contribution in [0.5, 0.6) is 0 Å². The van der Waals surface area contributed by atoms with E-state index in [9.17, 15) is 18.0 Å². The van der Waals surface area contributed by atoms with Gasteiger partial charge >= 0.3 is 6.03 Å². The van der Waals surface area contributed by atoms with Crippen LogP contribution in [-0.4, -0.2) is 32.2 Å². The first-order valence-corrected chi connectivity index (χ1v) is 11.8. The van der Waals surface area contributed by atoms with Gasteiger partial charge in [0.05, 0.1) is 4.90 Å². The molecule has 1 fully saturated rings. The van der Waals surface area contributed by atoms with Crippen LogP contribution in [0.1, 0.15) is 36.8 Å². The lowest BCUT2D eigenvalue weighted by Gasteiger charge is -2.29. The molecule has 2 aromatic carbocycles. The molecule has 0 unspecified atom stereocenters. The summed E-state index contributed by atoms with van der Waals surface area (Å²) in [5.74, 6) is -0.220. The van der Waals surface area contributed by atoms with Gasteiger partial charge in [-0.15, -0.1) is 0 Å². The Bertz CT molecular complexity index is 983. The van der Waals surface area contributed by atoms with E-state index in [0.29, 0.717) is 19.4 Å².